The maximum absolute atomic E-state index is 13.4. The minimum Gasteiger partial charge on any atom is -0.493 e. The largest absolute Gasteiger partial charge is 0.493 e. The van der Waals surface area contributed by atoms with Crippen molar-refractivity contribution in [1.29, 1.82) is 0 Å². The van der Waals surface area contributed by atoms with E-state index in [1.54, 1.807) is 23.5 Å². The van der Waals surface area contributed by atoms with E-state index >= 15 is 0 Å². The van der Waals surface area contributed by atoms with Crippen LogP contribution in [0.25, 0.3) is 0 Å². The number of ether oxygens (including phenoxy) is 1. The number of thiophene rings is 1. The van der Waals surface area contributed by atoms with Gasteiger partial charge in [0.2, 0.25) is 0 Å². The standard InChI is InChI=1S/C24H23N3O4S/c1-15-12-18(16(2)26(15)13-17-6-5-11-32-17)20(28)14-27-22(29)24(25-23(27)30)9-10-31-21-8-4-3-7-19(21)24/h3-8,11-12H,9-10,13-14H2,1-2H3,(H,25,30)/t24-/m0/s1. The fourth-order valence-electron chi connectivity index (χ4n) is 4.63. The van der Waals surface area contributed by atoms with Crippen molar-refractivity contribution in [3.05, 3.63) is 75.2 Å². The van der Waals surface area contributed by atoms with Gasteiger partial charge in [-0.1, -0.05) is 24.3 Å². The number of aromatic nitrogens is 1. The molecule has 0 radical (unpaired) electrons. The average molecular weight is 450 g/mol. The lowest BCUT2D eigenvalue weighted by atomic mass is 9.84. The molecule has 0 saturated carbocycles. The SMILES string of the molecule is Cc1cc(C(=O)CN2C(=O)N[C@]3(CCOc4ccccc43)C2=O)c(C)n1Cc1cccs1. The molecule has 1 fully saturated rings. The summed E-state index contributed by atoms with van der Waals surface area (Å²) < 4.78 is 7.75. The molecule has 32 heavy (non-hydrogen) atoms. The Morgan fingerprint density at radius 3 is 2.78 bits per heavy atom. The minimum absolute atomic E-state index is 0.253. The van der Waals surface area contributed by atoms with Gasteiger partial charge in [-0.05, 0) is 37.4 Å². The first-order valence-corrected chi connectivity index (χ1v) is 11.4. The van der Waals surface area contributed by atoms with Crippen LogP contribution in [0.1, 0.15) is 38.6 Å². The Morgan fingerprint density at radius 1 is 1.19 bits per heavy atom. The molecule has 8 heteroatoms. The number of rotatable bonds is 5. The van der Waals surface area contributed by atoms with Crippen molar-refractivity contribution in [2.75, 3.05) is 13.2 Å². The lowest BCUT2D eigenvalue weighted by Gasteiger charge is -2.33. The maximum atomic E-state index is 13.4. The van der Waals surface area contributed by atoms with Crippen LogP contribution in [0.15, 0.2) is 47.8 Å². The zero-order valence-corrected chi connectivity index (χ0v) is 18.7. The first-order valence-electron chi connectivity index (χ1n) is 10.5. The van der Waals surface area contributed by atoms with E-state index in [0.29, 0.717) is 36.4 Å². The van der Waals surface area contributed by atoms with E-state index in [-0.39, 0.29) is 12.3 Å². The summed E-state index contributed by atoms with van der Waals surface area (Å²) >= 11 is 1.66. The van der Waals surface area contributed by atoms with Crippen LogP contribution in [-0.4, -0.2) is 40.3 Å². The Morgan fingerprint density at radius 2 is 2.00 bits per heavy atom. The van der Waals surface area contributed by atoms with Crippen LogP contribution >= 0.6 is 11.3 Å². The van der Waals surface area contributed by atoms with Crippen molar-refractivity contribution in [2.45, 2.75) is 32.4 Å². The number of benzene rings is 1. The Labute approximate surface area is 189 Å². The van der Waals surface area contributed by atoms with E-state index in [9.17, 15) is 14.4 Å². The number of amides is 3. The van der Waals surface area contributed by atoms with Crippen molar-refractivity contribution in [1.82, 2.24) is 14.8 Å². The van der Waals surface area contributed by atoms with Gasteiger partial charge in [0.05, 0.1) is 19.7 Å². The number of Topliss-reactive ketones (excluding diaryl/α,β-unsaturated/α-hetero) is 1. The summed E-state index contributed by atoms with van der Waals surface area (Å²) in [5.41, 5.74) is 1.79. The van der Waals surface area contributed by atoms with Crippen molar-refractivity contribution < 1.29 is 19.1 Å². The summed E-state index contributed by atoms with van der Waals surface area (Å²) in [6.07, 6.45) is 0.328. The molecule has 164 valence electrons. The highest BCUT2D eigenvalue weighted by molar-refractivity contribution is 7.09. The zero-order valence-electron chi connectivity index (χ0n) is 17.9. The number of imide groups is 1. The van der Waals surface area contributed by atoms with Gasteiger partial charge >= 0.3 is 6.03 Å². The number of aryl methyl sites for hydroxylation is 1. The van der Waals surface area contributed by atoms with Gasteiger partial charge < -0.3 is 14.6 Å². The number of urea groups is 1. The molecule has 5 rings (SSSR count). The van der Waals surface area contributed by atoms with E-state index in [0.717, 1.165) is 16.3 Å². The minimum atomic E-state index is -1.18. The summed E-state index contributed by atoms with van der Waals surface area (Å²) in [7, 11) is 0. The Balaban J connectivity index is 1.40. The number of nitrogens with one attached hydrogen (secondary N) is 1. The number of hydrogen-bond acceptors (Lipinski definition) is 5. The number of carbonyl (C=O) groups excluding carboxylic acids is 3. The highest BCUT2D eigenvalue weighted by Gasteiger charge is 2.55. The fourth-order valence-corrected chi connectivity index (χ4v) is 5.32. The van der Waals surface area contributed by atoms with Gasteiger partial charge in [0.25, 0.3) is 5.91 Å². The van der Waals surface area contributed by atoms with Crippen LogP contribution in [0.4, 0.5) is 4.79 Å². The first-order chi connectivity index (χ1) is 15.4. The summed E-state index contributed by atoms with van der Waals surface area (Å²) in [6.45, 7) is 4.56. The van der Waals surface area contributed by atoms with Crippen molar-refractivity contribution >= 4 is 29.1 Å². The molecular weight excluding hydrogens is 426 g/mol. The fraction of sp³-hybridized carbons (Fsp3) is 0.292. The monoisotopic (exact) mass is 449 g/mol. The molecule has 1 N–H and O–H groups in total. The highest BCUT2D eigenvalue weighted by Crippen LogP contribution is 2.41. The molecule has 3 aromatic rings. The third-order valence-electron chi connectivity index (χ3n) is 6.33. The van der Waals surface area contributed by atoms with Crippen molar-refractivity contribution in [2.24, 2.45) is 0 Å². The van der Waals surface area contributed by atoms with Gasteiger partial charge in [0.15, 0.2) is 11.3 Å². The van der Waals surface area contributed by atoms with Gasteiger partial charge in [0, 0.05) is 33.8 Å². The molecule has 1 atom stereocenters. The molecule has 2 aliphatic heterocycles. The van der Waals surface area contributed by atoms with E-state index in [1.165, 1.54) is 4.88 Å². The summed E-state index contributed by atoms with van der Waals surface area (Å²) in [4.78, 5) is 41.6. The van der Waals surface area contributed by atoms with Gasteiger partial charge in [-0.2, -0.15) is 0 Å². The molecule has 1 spiro atoms. The number of carbonyl (C=O) groups is 3. The lowest BCUT2D eigenvalue weighted by Crippen LogP contribution is -2.47. The number of ketones is 1. The second-order valence-corrected chi connectivity index (χ2v) is 9.23. The number of para-hydroxylation sites is 1. The van der Waals surface area contributed by atoms with Gasteiger partial charge in [-0.3, -0.25) is 14.5 Å². The number of hydrogen-bond donors (Lipinski definition) is 1. The number of nitrogens with zero attached hydrogens (tertiary/aromatic N) is 2. The molecule has 2 aromatic heterocycles. The van der Waals surface area contributed by atoms with Crippen LogP contribution in [0.2, 0.25) is 0 Å². The molecule has 0 aliphatic carbocycles. The van der Waals surface area contributed by atoms with Gasteiger partial charge in [-0.15, -0.1) is 11.3 Å². The zero-order chi connectivity index (χ0) is 22.5. The molecule has 0 unspecified atom stereocenters. The summed E-state index contributed by atoms with van der Waals surface area (Å²) in [5, 5.41) is 4.87. The summed E-state index contributed by atoms with van der Waals surface area (Å²) in [6, 6.07) is 12.6. The van der Waals surface area contributed by atoms with E-state index in [2.05, 4.69) is 16.0 Å². The van der Waals surface area contributed by atoms with Crippen LogP contribution in [0.5, 0.6) is 5.75 Å². The Bertz CT molecular complexity index is 1230. The maximum Gasteiger partial charge on any atom is 0.325 e. The lowest BCUT2D eigenvalue weighted by molar-refractivity contribution is -0.132. The Kier molecular flexibility index (Phi) is 4.89. The average Bonchev–Trinajstić information content (AvgIpc) is 3.46. The molecule has 0 bridgehead atoms. The molecule has 1 saturated heterocycles. The molecule has 7 nitrogen and oxygen atoms in total. The van der Waals surface area contributed by atoms with Crippen LogP contribution in [0, 0.1) is 13.8 Å². The normalized spacial score (nSPS) is 19.8. The molecular formula is C24H23N3O4S. The predicted molar refractivity (Wildman–Crippen MR) is 120 cm³/mol. The first kappa shape index (κ1) is 20.5. The highest BCUT2D eigenvalue weighted by atomic mass is 32.1. The Hall–Kier alpha value is -3.39. The van der Waals surface area contributed by atoms with Crippen molar-refractivity contribution in [3.63, 3.8) is 0 Å². The predicted octanol–water partition coefficient (Wildman–Crippen LogP) is 3.63. The quantitative estimate of drug-likeness (QED) is 0.477. The summed E-state index contributed by atoms with van der Waals surface area (Å²) in [5.74, 6) is -0.0758. The molecule has 3 amide bonds. The van der Waals surface area contributed by atoms with E-state index < -0.39 is 17.5 Å². The van der Waals surface area contributed by atoms with E-state index in [1.807, 2.05) is 43.5 Å². The van der Waals surface area contributed by atoms with E-state index in [4.69, 9.17) is 4.74 Å². The third kappa shape index (κ3) is 3.14. The molecule has 4 heterocycles. The number of fused-ring (bicyclic) bond motifs is 2. The third-order valence-corrected chi connectivity index (χ3v) is 7.19. The molecule has 1 aromatic carbocycles. The topological polar surface area (TPSA) is 80.6 Å². The van der Waals surface area contributed by atoms with Crippen molar-refractivity contribution in [3.8, 4) is 5.75 Å². The van der Waals surface area contributed by atoms with Crippen LogP contribution < -0.4 is 10.1 Å². The smallest absolute Gasteiger partial charge is 0.325 e. The second-order valence-electron chi connectivity index (χ2n) is 8.19. The van der Waals surface area contributed by atoms with Gasteiger partial charge in [-0.25, -0.2) is 4.79 Å². The molecule has 2 aliphatic rings. The van der Waals surface area contributed by atoms with Crippen LogP contribution in [-0.2, 0) is 16.9 Å². The van der Waals surface area contributed by atoms with Gasteiger partial charge in [0.1, 0.15) is 5.75 Å². The second kappa shape index (κ2) is 7.63. The van der Waals surface area contributed by atoms with Crippen LogP contribution in [0.3, 0.4) is 0 Å².